The summed E-state index contributed by atoms with van der Waals surface area (Å²) in [6, 6.07) is 17.9. The Bertz CT molecular complexity index is 1510. The number of tetrazole rings is 1. The van der Waals surface area contributed by atoms with Crippen LogP contribution in [-0.2, 0) is 32.2 Å². The van der Waals surface area contributed by atoms with Gasteiger partial charge in [-0.1, -0.05) is 49.4 Å². The predicted molar refractivity (Wildman–Crippen MR) is 135 cm³/mol. The van der Waals surface area contributed by atoms with Gasteiger partial charge in [0.2, 0.25) is 0 Å². The molecule has 6 rings (SSSR count). The molecule has 0 aliphatic heterocycles. The van der Waals surface area contributed by atoms with Crippen molar-refractivity contribution in [2.45, 2.75) is 58.9 Å². The minimum Gasteiger partial charge on any atom is -0.308 e. The third-order valence-electron chi connectivity index (χ3n) is 7.22. The molecule has 1 aliphatic carbocycles. The number of aromatic amines is 1. The maximum atomic E-state index is 4.93. The number of nitrogens with one attached hydrogen (secondary N) is 1. The zero-order valence-electron chi connectivity index (χ0n) is 20.4. The Labute approximate surface area is 204 Å². The molecule has 2 aromatic carbocycles. The first-order valence-corrected chi connectivity index (χ1v) is 12.4. The van der Waals surface area contributed by atoms with E-state index in [9.17, 15) is 0 Å². The van der Waals surface area contributed by atoms with Gasteiger partial charge in [-0.25, -0.2) is 15.1 Å². The summed E-state index contributed by atoms with van der Waals surface area (Å²) in [5.74, 6) is 2.12. The van der Waals surface area contributed by atoms with Crippen LogP contribution in [0.25, 0.3) is 11.2 Å². The number of nitrogens with zero attached hydrogens (tertiary/aromatic N) is 6. The number of H-pyrrole nitrogens is 1. The molecule has 176 valence electrons. The SMILES string of the molecule is CCc1nc2c(C)cc(C)nc2n1Cc1ccc2c(c1)CCc1ccccc1C2Cc1nnn[nH]1. The molecule has 1 aliphatic rings. The third-order valence-corrected chi connectivity index (χ3v) is 7.22. The van der Waals surface area contributed by atoms with Crippen molar-refractivity contribution in [2.24, 2.45) is 0 Å². The second-order valence-corrected chi connectivity index (χ2v) is 9.56. The largest absolute Gasteiger partial charge is 0.308 e. The topological polar surface area (TPSA) is 85.2 Å². The van der Waals surface area contributed by atoms with Gasteiger partial charge >= 0.3 is 0 Å². The maximum Gasteiger partial charge on any atom is 0.160 e. The molecule has 5 aromatic rings. The van der Waals surface area contributed by atoms with Crippen LogP contribution in [0.15, 0.2) is 48.5 Å². The highest BCUT2D eigenvalue weighted by atomic mass is 15.5. The fraction of sp³-hybridized carbons (Fsp3) is 0.321. The Morgan fingerprint density at radius 2 is 1.80 bits per heavy atom. The van der Waals surface area contributed by atoms with Gasteiger partial charge in [0, 0.05) is 24.5 Å². The molecular formula is C28H29N7. The molecular weight excluding hydrogens is 434 g/mol. The van der Waals surface area contributed by atoms with Gasteiger partial charge in [-0.05, 0) is 76.6 Å². The molecule has 7 heteroatoms. The summed E-state index contributed by atoms with van der Waals surface area (Å²) in [6.07, 6.45) is 3.69. The van der Waals surface area contributed by atoms with Gasteiger partial charge in [0.05, 0.1) is 6.54 Å². The zero-order valence-corrected chi connectivity index (χ0v) is 20.4. The highest BCUT2D eigenvalue weighted by molar-refractivity contribution is 5.76. The quantitative estimate of drug-likeness (QED) is 0.410. The van der Waals surface area contributed by atoms with Gasteiger partial charge in [0.15, 0.2) is 5.65 Å². The van der Waals surface area contributed by atoms with Crippen molar-refractivity contribution in [3.63, 3.8) is 0 Å². The lowest BCUT2D eigenvalue weighted by atomic mass is 9.85. The Morgan fingerprint density at radius 3 is 2.63 bits per heavy atom. The number of pyridine rings is 1. The van der Waals surface area contributed by atoms with Crippen molar-refractivity contribution in [1.29, 1.82) is 0 Å². The van der Waals surface area contributed by atoms with Crippen molar-refractivity contribution >= 4 is 11.2 Å². The monoisotopic (exact) mass is 463 g/mol. The Morgan fingerprint density at radius 1 is 0.971 bits per heavy atom. The molecule has 0 bridgehead atoms. The van der Waals surface area contributed by atoms with Gasteiger partial charge in [-0.3, -0.25) is 0 Å². The molecule has 1 unspecified atom stereocenters. The predicted octanol–water partition coefficient (Wildman–Crippen LogP) is 4.65. The van der Waals surface area contributed by atoms with E-state index < -0.39 is 0 Å². The van der Waals surface area contributed by atoms with E-state index >= 15 is 0 Å². The van der Waals surface area contributed by atoms with Gasteiger partial charge in [-0.2, -0.15) is 0 Å². The van der Waals surface area contributed by atoms with Crippen LogP contribution in [0.5, 0.6) is 0 Å². The number of hydrogen-bond donors (Lipinski definition) is 1. The lowest BCUT2D eigenvalue weighted by Gasteiger charge is -2.20. The van der Waals surface area contributed by atoms with E-state index in [2.05, 4.69) is 94.5 Å². The molecule has 0 fully saturated rings. The second kappa shape index (κ2) is 8.73. The molecule has 1 atom stereocenters. The normalized spacial score (nSPS) is 15.1. The first kappa shape index (κ1) is 21.6. The third kappa shape index (κ3) is 3.91. The molecule has 35 heavy (non-hydrogen) atoms. The second-order valence-electron chi connectivity index (χ2n) is 9.56. The summed E-state index contributed by atoms with van der Waals surface area (Å²) in [5.41, 5.74) is 11.0. The van der Waals surface area contributed by atoms with Crippen molar-refractivity contribution in [2.75, 3.05) is 0 Å². The molecule has 7 nitrogen and oxygen atoms in total. The van der Waals surface area contributed by atoms with Crippen LogP contribution in [0.3, 0.4) is 0 Å². The van der Waals surface area contributed by atoms with Crippen molar-refractivity contribution in [3.8, 4) is 0 Å². The highest BCUT2D eigenvalue weighted by Gasteiger charge is 2.25. The molecule has 3 heterocycles. The molecule has 0 spiro atoms. The maximum absolute atomic E-state index is 4.93. The van der Waals surface area contributed by atoms with Gasteiger partial charge in [0.25, 0.3) is 0 Å². The number of imidazole rings is 1. The molecule has 0 radical (unpaired) electrons. The number of fused-ring (bicyclic) bond motifs is 3. The number of hydrogen-bond acceptors (Lipinski definition) is 5. The zero-order chi connectivity index (χ0) is 23.9. The summed E-state index contributed by atoms with van der Waals surface area (Å²) in [4.78, 5) is 9.79. The van der Waals surface area contributed by atoms with Crippen molar-refractivity contribution < 1.29 is 0 Å². The summed E-state index contributed by atoms with van der Waals surface area (Å²) in [5, 5.41) is 14.7. The lowest BCUT2D eigenvalue weighted by Crippen LogP contribution is -2.10. The Hall–Kier alpha value is -3.87. The van der Waals surface area contributed by atoms with E-state index in [1.807, 2.05) is 0 Å². The van der Waals surface area contributed by atoms with Crippen LogP contribution in [-0.4, -0.2) is 35.2 Å². The van der Waals surface area contributed by atoms with Gasteiger partial charge in [-0.15, -0.1) is 5.10 Å². The lowest BCUT2D eigenvalue weighted by molar-refractivity contribution is 0.736. The Kier molecular flexibility index (Phi) is 5.40. The summed E-state index contributed by atoms with van der Waals surface area (Å²) in [7, 11) is 0. The molecule has 0 saturated heterocycles. The number of rotatable bonds is 5. The van der Waals surface area contributed by atoms with Crippen LogP contribution in [0, 0.1) is 13.8 Å². The standard InChI is InChI=1S/C28H29N7/c1-4-26-30-27-17(2)13-18(3)29-28(27)35(26)16-19-9-12-23-21(14-19)11-10-20-7-5-6-8-22(20)24(23)15-25-31-33-34-32-25/h5-9,12-14,24H,4,10-11,15-16H2,1-3H3,(H,31,32,33,34). The van der Waals surface area contributed by atoms with E-state index in [1.54, 1.807) is 0 Å². The van der Waals surface area contributed by atoms with Crippen LogP contribution in [0.2, 0.25) is 0 Å². The minimum atomic E-state index is 0.222. The smallest absolute Gasteiger partial charge is 0.160 e. The summed E-state index contributed by atoms with van der Waals surface area (Å²) < 4.78 is 2.29. The van der Waals surface area contributed by atoms with Gasteiger partial charge in [0.1, 0.15) is 17.2 Å². The van der Waals surface area contributed by atoms with Crippen LogP contribution < -0.4 is 0 Å². The fourth-order valence-electron chi connectivity index (χ4n) is 5.60. The number of benzene rings is 2. The number of aryl methyl sites for hydroxylation is 5. The first-order valence-electron chi connectivity index (χ1n) is 12.4. The van der Waals surface area contributed by atoms with Crippen molar-refractivity contribution in [1.82, 2.24) is 35.2 Å². The summed E-state index contributed by atoms with van der Waals surface area (Å²) >= 11 is 0. The fourth-order valence-corrected chi connectivity index (χ4v) is 5.60. The summed E-state index contributed by atoms with van der Waals surface area (Å²) in [6.45, 7) is 7.11. The number of aromatic nitrogens is 7. The van der Waals surface area contributed by atoms with E-state index in [4.69, 9.17) is 9.97 Å². The molecule has 0 saturated carbocycles. The van der Waals surface area contributed by atoms with E-state index in [0.717, 1.165) is 60.7 Å². The molecule has 0 amide bonds. The average Bonchev–Trinajstić information content (AvgIpc) is 3.46. The average molecular weight is 464 g/mol. The highest BCUT2D eigenvalue weighted by Crippen LogP contribution is 2.36. The van der Waals surface area contributed by atoms with Crippen LogP contribution in [0.4, 0.5) is 0 Å². The van der Waals surface area contributed by atoms with E-state index in [-0.39, 0.29) is 5.92 Å². The van der Waals surface area contributed by atoms with Crippen LogP contribution >= 0.6 is 0 Å². The molecule has 3 aromatic heterocycles. The Balaban J connectivity index is 1.41. The van der Waals surface area contributed by atoms with Crippen molar-refractivity contribution in [3.05, 3.63) is 99.3 Å². The van der Waals surface area contributed by atoms with E-state index in [0.29, 0.717) is 0 Å². The minimum absolute atomic E-state index is 0.222. The van der Waals surface area contributed by atoms with Crippen LogP contribution in [0.1, 0.15) is 63.6 Å². The van der Waals surface area contributed by atoms with Gasteiger partial charge < -0.3 is 4.57 Å². The van der Waals surface area contributed by atoms with E-state index in [1.165, 1.54) is 33.4 Å². The molecule has 1 N–H and O–H groups in total. The first-order chi connectivity index (χ1) is 17.1.